The van der Waals surface area contributed by atoms with Crippen molar-refractivity contribution in [2.45, 2.75) is 13.1 Å². The minimum Gasteiger partial charge on any atom is -0.345 e. The zero-order valence-corrected chi connectivity index (χ0v) is 21.1. The molecule has 0 saturated heterocycles. The second-order valence-corrected chi connectivity index (χ2v) is 9.61. The summed E-state index contributed by atoms with van der Waals surface area (Å²) >= 11 is 25.2. The van der Waals surface area contributed by atoms with E-state index in [9.17, 15) is 9.59 Å². The highest BCUT2D eigenvalue weighted by molar-refractivity contribution is 6.44. The average Bonchev–Trinajstić information content (AvgIpc) is 3.21. The number of halogens is 4. The van der Waals surface area contributed by atoms with Gasteiger partial charge in [-0.2, -0.15) is 0 Å². The van der Waals surface area contributed by atoms with Gasteiger partial charge in [0.05, 0.1) is 43.4 Å². The summed E-state index contributed by atoms with van der Waals surface area (Å²) in [4.78, 5) is 28.2. The molecule has 35 heavy (non-hydrogen) atoms. The normalized spacial score (nSPS) is 12.5. The van der Waals surface area contributed by atoms with Crippen LogP contribution >= 0.6 is 46.4 Å². The smallest absolute Gasteiger partial charge is 0.260 e. The van der Waals surface area contributed by atoms with Crippen molar-refractivity contribution < 1.29 is 9.59 Å². The molecule has 0 spiro atoms. The lowest BCUT2D eigenvalue weighted by atomic mass is 10.1. The number of carbonyl (C=O) groups excluding carboxylic acids is 2. The van der Waals surface area contributed by atoms with Crippen LogP contribution in [0, 0.1) is 0 Å². The fourth-order valence-electron chi connectivity index (χ4n) is 4.09. The summed E-state index contributed by atoms with van der Waals surface area (Å²) in [5.41, 5.74) is 3.49. The van der Waals surface area contributed by atoms with Crippen LogP contribution in [0.25, 0.3) is 0 Å². The molecule has 9 heteroatoms. The Kier molecular flexibility index (Phi) is 6.51. The lowest BCUT2D eigenvalue weighted by molar-refractivity contribution is 0.0984. The fraction of sp³-hybridized carbons (Fsp3) is 0.0769. The number of hydrogen-bond donors (Lipinski definition) is 1. The minimum atomic E-state index is -0.503. The predicted octanol–water partition coefficient (Wildman–Crippen LogP) is 7.56. The van der Waals surface area contributed by atoms with E-state index in [0.29, 0.717) is 13.1 Å². The molecular weight excluding hydrogens is 528 g/mol. The van der Waals surface area contributed by atoms with E-state index in [0.717, 1.165) is 16.9 Å². The number of hydrogen-bond acceptors (Lipinski definition) is 2. The van der Waals surface area contributed by atoms with Gasteiger partial charge in [0.1, 0.15) is 0 Å². The summed E-state index contributed by atoms with van der Waals surface area (Å²) in [6.07, 6.45) is 1.99. The van der Waals surface area contributed by atoms with Crippen LogP contribution in [0.1, 0.15) is 32.0 Å². The Bertz CT molecular complexity index is 1480. The van der Waals surface area contributed by atoms with Crippen LogP contribution in [0.3, 0.4) is 0 Å². The molecule has 4 aromatic rings. The van der Waals surface area contributed by atoms with Crippen LogP contribution in [0.2, 0.25) is 20.1 Å². The SMILES string of the molecule is O=C(Nc1cc(Cl)c(C(=O)N2Cc3cccn3Cc3ccccc32)cc1Cl)c1cccc(Cl)c1Cl. The topological polar surface area (TPSA) is 54.3 Å². The van der Waals surface area contributed by atoms with Crippen molar-refractivity contribution in [3.8, 4) is 0 Å². The number of aromatic nitrogens is 1. The maximum atomic E-state index is 13.7. The van der Waals surface area contributed by atoms with Gasteiger partial charge in [0.2, 0.25) is 0 Å². The molecule has 0 bridgehead atoms. The first-order chi connectivity index (χ1) is 16.8. The molecule has 1 aromatic heterocycles. The molecule has 1 aliphatic heterocycles. The Morgan fingerprint density at radius 2 is 1.57 bits per heavy atom. The molecule has 1 N–H and O–H groups in total. The zero-order valence-electron chi connectivity index (χ0n) is 18.1. The molecule has 0 aliphatic carbocycles. The molecule has 0 radical (unpaired) electrons. The first-order valence-corrected chi connectivity index (χ1v) is 12.1. The first kappa shape index (κ1) is 23.8. The number of para-hydroxylation sites is 1. The van der Waals surface area contributed by atoms with E-state index in [2.05, 4.69) is 9.88 Å². The van der Waals surface area contributed by atoms with Gasteiger partial charge in [-0.05, 0) is 48.0 Å². The maximum Gasteiger partial charge on any atom is 0.260 e. The van der Waals surface area contributed by atoms with E-state index in [4.69, 9.17) is 46.4 Å². The number of carbonyl (C=O) groups is 2. The van der Waals surface area contributed by atoms with Gasteiger partial charge in [0.15, 0.2) is 0 Å². The number of rotatable bonds is 3. The Labute approximate surface area is 221 Å². The number of fused-ring (bicyclic) bond motifs is 2. The van der Waals surface area contributed by atoms with Gasteiger partial charge in [-0.1, -0.05) is 70.7 Å². The molecule has 0 atom stereocenters. The van der Waals surface area contributed by atoms with Crippen LogP contribution in [-0.2, 0) is 13.1 Å². The summed E-state index contributed by atoms with van der Waals surface area (Å²) in [5, 5.41) is 3.40. The number of amides is 2. The maximum absolute atomic E-state index is 13.7. The first-order valence-electron chi connectivity index (χ1n) is 10.6. The highest BCUT2D eigenvalue weighted by atomic mass is 35.5. The van der Waals surface area contributed by atoms with Crippen molar-refractivity contribution in [3.63, 3.8) is 0 Å². The third-order valence-electron chi connectivity index (χ3n) is 5.84. The fourth-order valence-corrected chi connectivity index (χ4v) is 4.93. The standard InChI is InChI=1S/C26H17Cl4N3O2/c27-19-8-3-7-17(24(19)30)25(34)31-22-12-20(28)18(11-21(22)29)26(35)33-14-16-6-4-10-32(16)13-15-5-1-2-9-23(15)33/h1-12H,13-14H2,(H,31,34). The molecule has 176 valence electrons. The van der Waals surface area contributed by atoms with E-state index in [1.807, 2.05) is 42.6 Å². The van der Waals surface area contributed by atoms with Crippen LogP contribution in [0.4, 0.5) is 11.4 Å². The third-order valence-corrected chi connectivity index (χ3v) is 7.29. The van der Waals surface area contributed by atoms with E-state index < -0.39 is 5.91 Å². The van der Waals surface area contributed by atoms with Crippen molar-refractivity contribution in [2.24, 2.45) is 0 Å². The third kappa shape index (κ3) is 4.53. The van der Waals surface area contributed by atoms with Crippen molar-refractivity contribution in [1.29, 1.82) is 0 Å². The monoisotopic (exact) mass is 543 g/mol. The average molecular weight is 545 g/mol. The van der Waals surface area contributed by atoms with Gasteiger partial charge in [0.25, 0.3) is 11.8 Å². The van der Waals surface area contributed by atoms with Gasteiger partial charge in [-0.15, -0.1) is 0 Å². The van der Waals surface area contributed by atoms with Gasteiger partial charge in [-0.3, -0.25) is 9.59 Å². The summed E-state index contributed by atoms with van der Waals surface area (Å²) in [6.45, 7) is 1.04. The minimum absolute atomic E-state index is 0.130. The molecule has 2 amide bonds. The lowest BCUT2D eigenvalue weighted by Gasteiger charge is -2.23. The van der Waals surface area contributed by atoms with E-state index >= 15 is 0 Å². The Hall–Kier alpha value is -2.96. The van der Waals surface area contributed by atoms with Crippen LogP contribution in [-0.4, -0.2) is 16.4 Å². The summed E-state index contributed by atoms with van der Waals surface area (Å²) in [6, 6.07) is 19.4. The predicted molar refractivity (Wildman–Crippen MR) is 141 cm³/mol. The van der Waals surface area contributed by atoms with Crippen LogP contribution in [0.5, 0.6) is 0 Å². The van der Waals surface area contributed by atoms with Crippen molar-refractivity contribution in [3.05, 3.63) is 115 Å². The zero-order chi connectivity index (χ0) is 24.7. The van der Waals surface area contributed by atoms with Crippen LogP contribution in [0.15, 0.2) is 72.9 Å². The molecule has 0 fully saturated rings. The largest absolute Gasteiger partial charge is 0.345 e. The lowest BCUT2D eigenvalue weighted by Crippen LogP contribution is -2.31. The summed E-state index contributed by atoms with van der Waals surface area (Å²) < 4.78 is 2.11. The second-order valence-electron chi connectivity index (χ2n) is 8.01. The van der Waals surface area contributed by atoms with E-state index in [-0.39, 0.29) is 42.8 Å². The summed E-state index contributed by atoms with van der Waals surface area (Å²) in [5.74, 6) is -0.800. The van der Waals surface area contributed by atoms with Crippen LogP contribution < -0.4 is 10.2 Å². The quantitative estimate of drug-likeness (QED) is 0.289. The molecule has 5 rings (SSSR count). The molecule has 5 nitrogen and oxygen atoms in total. The molecule has 3 aromatic carbocycles. The van der Waals surface area contributed by atoms with Gasteiger partial charge < -0.3 is 14.8 Å². The number of anilines is 2. The van der Waals surface area contributed by atoms with E-state index in [1.165, 1.54) is 12.1 Å². The summed E-state index contributed by atoms with van der Waals surface area (Å²) in [7, 11) is 0. The molecule has 0 unspecified atom stereocenters. The molecule has 1 aliphatic rings. The van der Waals surface area contributed by atoms with Gasteiger partial charge >= 0.3 is 0 Å². The van der Waals surface area contributed by atoms with Crippen molar-refractivity contribution >= 4 is 69.6 Å². The van der Waals surface area contributed by atoms with Crippen molar-refractivity contribution in [1.82, 2.24) is 4.57 Å². The molecule has 0 saturated carbocycles. The number of nitrogens with zero attached hydrogens (tertiary/aromatic N) is 2. The van der Waals surface area contributed by atoms with Crippen molar-refractivity contribution in [2.75, 3.05) is 10.2 Å². The Balaban J connectivity index is 1.47. The van der Waals surface area contributed by atoms with E-state index in [1.54, 1.807) is 23.1 Å². The van der Waals surface area contributed by atoms with Gasteiger partial charge in [0, 0.05) is 24.1 Å². The highest BCUT2D eigenvalue weighted by Crippen LogP contribution is 2.35. The molecular formula is C26H17Cl4N3O2. The number of nitrogens with one attached hydrogen (secondary N) is 1. The Morgan fingerprint density at radius 3 is 2.40 bits per heavy atom. The molecule has 2 heterocycles. The second kappa shape index (κ2) is 9.59. The van der Waals surface area contributed by atoms with Gasteiger partial charge in [-0.25, -0.2) is 0 Å². The Morgan fingerprint density at radius 1 is 0.771 bits per heavy atom. The number of benzene rings is 3. The highest BCUT2D eigenvalue weighted by Gasteiger charge is 2.27.